The fourth-order valence-electron chi connectivity index (χ4n) is 2.88. The van der Waals surface area contributed by atoms with E-state index in [0.717, 1.165) is 6.42 Å². The third-order valence-electron chi connectivity index (χ3n) is 5.01. The van der Waals surface area contributed by atoms with Crippen LogP contribution in [0.3, 0.4) is 0 Å². The predicted octanol–water partition coefficient (Wildman–Crippen LogP) is 4.57. The van der Waals surface area contributed by atoms with E-state index >= 15 is 0 Å². The molecule has 1 fully saturated rings. The van der Waals surface area contributed by atoms with Gasteiger partial charge in [-0.1, -0.05) is 41.5 Å². The Morgan fingerprint density at radius 3 is 1.80 bits per heavy atom. The van der Waals surface area contributed by atoms with Crippen molar-refractivity contribution in [2.45, 2.75) is 93.2 Å². The van der Waals surface area contributed by atoms with Crippen LogP contribution in [0.1, 0.15) is 81.6 Å². The highest BCUT2D eigenvalue weighted by Crippen LogP contribution is 2.60. The van der Waals surface area contributed by atoms with Gasteiger partial charge in [-0.15, -0.1) is 0 Å². The molecule has 2 heteroatoms. The number of Topliss-reactive ketones (excluding diaryl/α,β-unsaturated/α-hetero) is 1. The molecule has 1 unspecified atom stereocenters. The lowest BCUT2D eigenvalue weighted by Crippen LogP contribution is -2.53. The van der Waals surface area contributed by atoms with Gasteiger partial charge in [0.15, 0.2) is 5.78 Å². The Bertz CT molecular complexity index is 364. The maximum atomic E-state index is 12.8. The van der Waals surface area contributed by atoms with E-state index < -0.39 is 0 Å². The number of hydrogen-bond acceptors (Lipinski definition) is 2. The standard InChI is InChI=1S/C18H35NO/c1-15(2,3)14(20)13(19-16(4,5)6)12-17(7,8)18(9)10-11-18/h13,19H,10-12H2,1-9H3. The fourth-order valence-corrected chi connectivity index (χ4v) is 2.88. The van der Waals surface area contributed by atoms with Crippen molar-refractivity contribution >= 4 is 5.78 Å². The van der Waals surface area contributed by atoms with Gasteiger partial charge in [-0.3, -0.25) is 4.79 Å². The summed E-state index contributed by atoms with van der Waals surface area (Å²) in [4.78, 5) is 12.8. The van der Waals surface area contributed by atoms with Gasteiger partial charge in [0.2, 0.25) is 0 Å². The van der Waals surface area contributed by atoms with E-state index in [0.29, 0.717) is 11.2 Å². The van der Waals surface area contributed by atoms with Crippen LogP contribution in [0.2, 0.25) is 0 Å². The first-order valence-corrected chi connectivity index (χ1v) is 8.00. The highest BCUT2D eigenvalue weighted by molar-refractivity contribution is 5.88. The summed E-state index contributed by atoms with van der Waals surface area (Å²) in [5.74, 6) is 0.338. The van der Waals surface area contributed by atoms with E-state index in [1.54, 1.807) is 0 Å². The largest absolute Gasteiger partial charge is 0.303 e. The Morgan fingerprint density at radius 1 is 1.05 bits per heavy atom. The highest BCUT2D eigenvalue weighted by Gasteiger charge is 2.51. The molecule has 0 amide bonds. The highest BCUT2D eigenvalue weighted by atomic mass is 16.1. The molecule has 1 aliphatic rings. The van der Waals surface area contributed by atoms with Gasteiger partial charge in [0.1, 0.15) is 0 Å². The molecule has 0 spiro atoms. The van der Waals surface area contributed by atoms with Gasteiger partial charge in [-0.25, -0.2) is 0 Å². The molecule has 0 radical (unpaired) electrons. The molecule has 0 aromatic heterocycles. The molecule has 1 saturated carbocycles. The molecule has 118 valence electrons. The third kappa shape index (κ3) is 4.31. The second kappa shape index (κ2) is 5.12. The zero-order chi connectivity index (χ0) is 16.0. The SMILES string of the molecule is CC(C)(C)NC(CC(C)(C)C1(C)CC1)C(=O)C(C)(C)C. The smallest absolute Gasteiger partial charge is 0.155 e. The van der Waals surface area contributed by atoms with Gasteiger partial charge in [0.25, 0.3) is 0 Å². The van der Waals surface area contributed by atoms with Crippen LogP contribution < -0.4 is 5.32 Å². The Balaban J connectivity index is 2.91. The Hall–Kier alpha value is -0.370. The van der Waals surface area contributed by atoms with Crippen molar-refractivity contribution in [2.24, 2.45) is 16.2 Å². The van der Waals surface area contributed by atoms with E-state index in [9.17, 15) is 4.79 Å². The molecule has 1 atom stereocenters. The van der Waals surface area contributed by atoms with Crippen LogP contribution in [0, 0.1) is 16.2 Å². The molecule has 0 aliphatic heterocycles. The summed E-state index contributed by atoms with van der Waals surface area (Å²) >= 11 is 0. The zero-order valence-corrected chi connectivity index (χ0v) is 15.1. The van der Waals surface area contributed by atoms with E-state index in [1.165, 1.54) is 12.8 Å². The van der Waals surface area contributed by atoms with Crippen molar-refractivity contribution in [2.75, 3.05) is 0 Å². The predicted molar refractivity (Wildman–Crippen MR) is 86.9 cm³/mol. The van der Waals surface area contributed by atoms with Gasteiger partial charge in [0, 0.05) is 11.0 Å². The van der Waals surface area contributed by atoms with Crippen LogP contribution in [0.4, 0.5) is 0 Å². The molecule has 1 N–H and O–H groups in total. The average molecular weight is 281 g/mol. The van der Waals surface area contributed by atoms with Crippen molar-refractivity contribution in [3.05, 3.63) is 0 Å². The van der Waals surface area contributed by atoms with Gasteiger partial charge < -0.3 is 5.32 Å². The first kappa shape index (κ1) is 17.7. The Morgan fingerprint density at radius 2 is 1.50 bits per heavy atom. The summed E-state index contributed by atoms with van der Waals surface area (Å²) in [5.41, 5.74) is 0.301. The lowest BCUT2D eigenvalue weighted by molar-refractivity contribution is -0.130. The minimum Gasteiger partial charge on any atom is -0.303 e. The van der Waals surface area contributed by atoms with Gasteiger partial charge >= 0.3 is 0 Å². The van der Waals surface area contributed by atoms with Crippen molar-refractivity contribution in [1.82, 2.24) is 5.32 Å². The third-order valence-corrected chi connectivity index (χ3v) is 5.01. The molecule has 0 aromatic carbocycles. The van der Waals surface area contributed by atoms with Crippen molar-refractivity contribution < 1.29 is 4.79 Å². The van der Waals surface area contributed by atoms with Crippen LogP contribution in [0.25, 0.3) is 0 Å². The Kier molecular flexibility index (Phi) is 4.53. The zero-order valence-electron chi connectivity index (χ0n) is 15.1. The number of rotatable bonds is 5. The average Bonchev–Trinajstić information content (AvgIpc) is 2.92. The molecule has 0 saturated heterocycles. The molecule has 2 nitrogen and oxygen atoms in total. The molecule has 1 rings (SSSR count). The quantitative estimate of drug-likeness (QED) is 0.799. The molecule has 0 bridgehead atoms. The van der Waals surface area contributed by atoms with Crippen LogP contribution in [0.15, 0.2) is 0 Å². The first-order chi connectivity index (χ1) is 8.68. The lowest BCUT2D eigenvalue weighted by atomic mass is 9.70. The molecule has 0 aromatic rings. The van der Waals surface area contributed by atoms with Gasteiger partial charge in [-0.2, -0.15) is 0 Å². The van der Waals surface area contributed by atoms with Crippen molar-refractivity contribution in [3.63, 3.8) is 0 Å². The molecule has 0 heterocycles. The van der Waals surface area contributed by atoms with Crippen LogP contribution in [0.5, 0.6) is 0 Å². The summed E-state index contributed by atoms with van der Waals surface area (Å²) < 4.78 is 0. The number of nitrogens with one attached hydrogen (secondary N) is 1. The van der Waals surface area contributed by atoms with E-state index in [-0.39, 0.29) is 22.4 Å². The summed E-state index contributed by atoms with van der Waals surface area (Å²) in [7, 11) is 0. The Labute approximate surface area is 126 Å². The second-order valence-corrected chi connectivity index (χ2v) is 9.71. The maximum Gasteiger partial charge on any atom is 0.155 e. The van der Waals surface area contributed by atoms with Crippen LogP contribution >= 0.6 is 0 Å². The van der Waals surface area contributed by atoms with Crippen molar-refractivity contribution in [3.8, 4) is 0 Å². The summed E-state index contributed by atoms with van der Waals surface area (Å²) in [6.07, 6.45) is 3.52. The minimum absolute atomic E-state index is 0.0356. The van der Waals surface area contributed by atoms with Gasteiger partial charge in [0.05, 0.1) is 6.04 Å². The summed E-state index contributed by atoms with van der Waals surface area (Å²) in [5, 5.41) is 3.57. The number of hydrogen-bond donors (Lipinski definition) is 1. The molecule has 20 heavy (non-hydrogen) atoms. The fraction of sp³-hybridized carbons (Fsp3) is 0.944. The summed E-state index contributed by atoms with van der Waals surface area (Å²) in [6.45, 7) is 19.5. The van der Waals surface area contributed by atoms with E-state index in [4.69, 9.17) is 0 Å². The van der Waals surface area contributed by atoms with E-state index in [2.05, 4.69) is 46.9 Å². The maximum absolute atomic E-state index is 12.8. The lowest BCUT2D eigenvalue weighted by Gasteiger charge is -2.39. The van der Waals surface area contributed by atoms with Crippen molar-refractivity contribution in [1.29, 1.82) is 0 Å². The number of ketones is 1. The van der Waals surface area contributed by atoms with Crippen LogP contribution in [-0.2, 0) is 4.79 Å². The first-order valence-electron chi connectivity index (χ1n) is 8.00. The summed E-state index contributed by atoms with van der Waals surface area (Å²) in [6, 6.07) is -0.0533. The molecule has 1 aliphatic carbocycles. The minimum atomic E-state index is -0.288. The normalized spacial score (nSPS) is 20.6. The topological polar surface area (TPSA) is 29.1 Å². The number of carbonyl (C=O) groups is 1. The van der Waals surface area contributed by atoms with E-state index in [1.807, 2.05) is 20.8 Å². The number of carbonyl (C=O) groups excluding carboxylic acids is 1. The second-order valence-electron chi connectivity index (χ2n) is 9.71. The van der Waals surface area contributed by atoms with Gasteiger partial charge in [-0.05, 0) is 50.9 Å². The molecular formula is C18H35NO. The monoisotopic (exact) mass is 281 g/mol. The van der Waals surface area contributed by atoms with Crippen LogP contribution in [-0.4, -0.2) is 17.4 Å². The molecular weight excluding hydrogens is 246 g/mol.